The van der Waals surface area contributed by atoms with Gasteiger partial charge in [0.25, 0.3) is 0 Å². The maximum atomic E-state index is 12.7. The minimum atomic E-state index is -4.44. The Kier molecular flexibility index (Phi) is 4.40. The fourth-order valence-electron chi connectivity index (χ4n) is 2.72. The molecule has 1 N–H and O–H groups in total. The average Bonchev–Trinajstić information content (AvgIpc) is 3.38. The van der Waals surface area contributed by atoms with Gasteiger partial charge in [0.15, 0.2) is 0 Å². The zero-order valence-electron chi connectivity index (χ0n) is 13.8. The van der Waals surface area contributed by atoms with E-state index < -0.39 is 11.9 Å². The molecule has 2 heterocycles. The van der Waals surface area contributed by atoms with E-state index in [1.807, 2.05) is 0 Å². The van der Waals surface area contributed by atoms with Crippen LogP contribution in [0.3, 0.4) is 0 Å². The van der Waals surface area contributed by atoms with Crippen LogP contribution in [-0.4, -0.2) is 9.97 Å². The number of alkyl halides is 3. The molecular formula is C19H16F3N3S. The summed E-state index contributed by atoms with van der Waals surface area (Å²) >= 11 is 1.53. The highest BCUT2D eigenvalue weighted by molar-refractivity contribution is 7.15. The van der Waals surface area contributed by atoms with Crippen molar-refractivity contribution in [3.05, 3.63) is 64.9 Å². The molecule has 1 aliphatic rings. The first-order valence-corrected chi connectivity index (χ1v) is 9.13. The maximum absolute atomic E-state index is 12.7. The van der Waals surface area contributed by atoms with E-state index in [9.17, 15) is 13.2 Å². The first kappa shape index (κ1) is 17.0. The van der Waals surface area contributed by atoms with Gasteiger partial charge in [-0.3, -0.25) is 4.98 Å². The van der Waals surface area contributed by atoms with E-state index in [0.29, 0.717) is 12.2 Å². The van der Waals surface area contributed by atoms with Gasteiger partial charge in [-0.25, -0.2) is 4.98 Å². The van der Waals surface area contributed by atoms with E-state index in [4.69, 9.17) is 0 Å². The molecule has 0 radical (unpaired) electrons. The quantitative estimate of drug-likeness (QED) is 0.620. The third-order valence-electron chi connectivity index (χ3n) is 4.28. The van der Waals surface area contributed by atoms with Gasteiger partial charge in [0.05, 0.1) is 6.54 Å². The molecule has 4 rings (SSSR count). The number of halogens is 3. The Morgan fingerprint density at radius 3 is 2.54 bits per heavy atom. The van der Waals surface area contributed by atoms with Gasteiger partial charge in [0.1, 0.15) is 10.7 Å². The summed E-state index contributed by atoms with van der Waals surface area (Å²) in [4.78, 5) is 8.75. The molecule has 0 atom stereocenters. The molecule has 1 aromatic carbocycles. The fraction of sp³-hybridized carbons (Fsp3) is 0.263. The van der Waals surface area contributed by atoms with Gasteiger partial charge < -0.3 is 5.32 Å². The lowest BCUT2D eigenvalue weighted by Gasteiger charge is -2.08. The first-order valence-electron chi connectivity index (χ1n) is 8.31. The fourth-order valence-corrected chi connectivity index (χ4v) is 3.58. The van der Waals surface area contributed by atoms with Crippen molar-refractivity contribution in [1.82, 2.24) is 9.97 Å². The summed E-state index contributed by atoms with van der Waals surface area (Å²) in [7, 11) is 0. The number of nitrogens with one attached hydrogen (secondary N) is 1. The summed E-state index contributed by atoms with van der Waals surface area (Å²) in [5.74, 6) is 0.724. The van der Waals surface area contributed by atoms with Crippen LogP contribution >= 0.6 is 11.3 Å². The monoisotopic (exact) mass is 375 g/mol. The second-order valence-electron chi connectivity index (χ2n) is 6.31. The van der Waals surface area contributed by atoms with E-state index in [2.05, 4.69) is 39.6 Å². The van der Waals surface area contributed by atoms with Crippen LogP contribution in [0, 0.1) is 0 Å². The van der Waals surface area contributed by atoms with E-state index in [1.165, 1.54) is 35.8 Å². The molecule has 0 aliphatic heterocycles. The summed E-state index contributed by atoms with van der Waals surface area (Å²) < 4.78 is 38.1. The number of nitrogens with zero attached hydrogens (tertiary/aromatic N) is 2. The Balaban J connectivity index is 1.42. The third kappa shape index (κ3) is 3.88. The van der Waals surface area contributed by atoms with Crippen molar-refractivity contribution in [2.45, 2.75) is 31.5 Å². The van der Waals surface area contributed by atoms with Crippen molar-refractivity contribution in [3.8, 4) is 10.6 Å². The number of hydrogen-bond acceptors (Lipinski definition) is 4. The van der Waals surface area contributed by atoms with E-state index >= 15 is 0 Å². The van der Waals surface area contributed by atoms with Crippen LogP contribution in [0.1, 0.15) is 34.9 Å². The lowest BCUT2D eigenvalue weighted by atomic mass is 10.1. The third-order valence-corrected chi connectivity index (χ3v) is 5.32. The van der Waals surface area contributed by atoms with Crippen LogP contribution in [-0.2, 0) is 12.7 Å². The van der Waals surface area contributed by atoms with Crippen LogP contribution in [0.5, 0.6) is 0 Å². The van der Waals surface area contributed by atoms with Gasteiger partial charge in [-0.05, 0) is 36.5 Å². The topological polar surface area (TPSA) is 37.8 Å². The highest BCUT2D eigenvalue weighted by Crippen LogP contribution is 2.40. The molecule has 0 bridgehead atoms. The molecule has 0 spiro atoms. The average molecular weight is 375 g/mol. The predicted molar refractivity (Wildman–Crippen MR) is 96.1 cm³/mol. The minimum Gasteiger partial charge on any atom is -0.380 e. The largest absolute Gasteiger partial charge is 0.433 e. The normalized spacial score (nSPS) is 14.4. The second-order valence-corrected chi connectivity index (χ2v) is 7.42. The van der Waals surface area contributed by atoms with Crippen molar-refractivity contribution in [2.75, 3.05) is 5.32 Å². The zero-order chi connectivity index (χ0) is 18.1. The lowest BCUT2D eigenvalue weighted by molar-refractivity contribution is -0.141. The first-order chi connectivity index (χ1) is 12.5. The molecular weight excluding hydrogens is 359 g/mol. The molecule has 0 amide bonds. The molecule has 1 fully saturated rings. The number of aromatic nitrogens is 2. The molecule has 26 heavy (non-hydrogen) atoms. The summed E-state index contributed by atoms with van der Waals surface area (Å²) in [6, 6.07) is 11.0. The Hall–Kier alpha value is -2.41. The maximum Gasteiger partial charge on any atom is 0.433 e. The van der Waals surface area contributed by atoms with Crippen LogP contribution in [0.4, 0.5) is 18.9 Å². The molecule has 0 unspecified atom stereocenters. The number of pyridine rings is 1. The molecule has 134 valence electrons. The number of hydrogen-bond donors (Lipinski definition) is 1. The van der Waals surface area contributed by atoms with E-state index in [1.54, 1.807) is 6.20 Å². The van der Waals surface area contributed by atoms with Crippen molar-refractivity contribution in [3.63, 3.8) is 0 Å². The Morgan fingerprint density at radius 1 is 1.08 bits per heavy atom. The number of rotatable bonds is 5. The second kappa shape index (κ2) is 6.72. The molecule has 3 aromatic rings. The van der Waals surface area contributed by atoms with Gasteiger partial charge in [-0.15, -0.1) is 11.3 Å². The number of anilines is 1. The minimum absolute atomic E-state index is 0.385. The molecule has 3 nitrogen and oxygen atoms in total. The number of thiazole rings is 1. The smallest absolute Gasteiger partial charge is 0.380 e. The summed E-state index contributed by atoms with van der Waals surface area (Å²) in [5, 5.41) is 3.91. The van der Waals surface area contributed by atoms with E-state index in [0.717, 1.165) is 33.6 Å². The summed E-state index contributed by atoms with van der Waals surface area (Å²) in [6.45, 7) is 0.416. The zero-order valence-corrected chi connectivity index (χ0v) is 14.6. The standard InChI is InChI=1S/C19H16F3N3S/c20-19(21,22)17-9-15(7-8-23-17)24-10-16-11-25-18(26-16)14-5-3-13(4-6-14)12-1-2-12/h3-9,11-12H,1-2,10H2,(H,23,24). The lowest BCUT2D eigenvalue weighted by Crippen LogP contribution is -2.08. The Bertz CT molecular complexity index is 899. The van der Waals surface area contributed by atoms with Gasteiger partial charge in [0, 0.05) is 28.5 Å². The van der Waals surface area contributed by atoms with Crippen molar-refractivity contribution >= 4 is 17.0 Å². The summed E-state index contributed by atoms with van der Waals surface area (Å²) in [5.41, 5.74) is 1.93. The van der Waals surface area contributed by atoms with Crippen molar-refractivity contribution < 1.29 is 13.2 Å². The van der Waals surface area contributed by atoms with Crippen LogP contribution < -0.4 is 5.32 Å². The summed E-state index contributed by atoms with van der Waals surface area (Å²) in [6.07, 6.45) is 1.02. The predicted octanol–water partition coefficient (Wildman–Crippen LogP) is 5.71. The Labute approximate surface area is 152 Å². The van der Waals surface area contributed by atoms with E-state index in [-0.39, 0.29) is 0 Å². The molecule has 1 saturated carbocycles. The van der Waals surface area contributed by atoms with Gasteiger partial charge in [-0.2, -0.15) is 13.2 Å². The molecule has 0 saturated heterocycles. The highest BCUT2D eigenvalue weighted by Gasteiger charge is 2.32. The highest BCUT2D eigenvalue weighted by atomic mass is 32.1. The molecule has 7 heteroatoms. The van der Waals surface area contributed by atoms with Crippen LogP contribution in [0.25, 0.3) is 10.6 Å². The SMILES string of the molecule is FC(F)(F)c1cc(NCc2cnc(-c3ccc(C4CC4)cc3)s2)ccn1. The number of benzene rings is 1. The van der Waals surface area contributed by atoms with Crippen molar-refractivity contribution in [1.29, 1.82) is 0 Å². The molecule has 1 aliphatic carbocycles. The van der Waals surface area contributed by atoms with Gasteiger partial charge in [-0.1, -0.05) is 24.3 Å². The van der Waals surface area contributed by atoms with Gasteiger partial charge >= 0.3 is 6.18 Å². The van der Waals surface area contributed by atoms with Crippen LogP contribution in [0.2, 0.25) is 0 Å². The van der Waals surface area contributed by atoms with Crippen molar-refractivity contribution in [2.24, 2.45) is 0 Å². The van der Waals surface area contributed by atoms with Gasteiger partial charge in [0.2, 0.25) is 0 Å². The molecule has 2 aromatic heterocycles. The Morgan fingerprint density at radius 2 is 1.85 bits per heavy atom. The van der Waals surface area contributed by atoms with Crippen LogP contribution in [0.15, 0.2) is 48.8 Å².